The molecule has 4 nitrogen and oxygen atoms in total. The second kappa shape index (κ2) is 6.56. The van der Waals surface area contributed by atoms with Gasteiger partial charge in [-0.3, -0.25) is 4.68 Å². The molecule has 0 fully saturated rings. The molecule has 4 heteroatoms. The third-order valence-corrected chi connectivity index (χ3v) is 2.36. The summed E-state index contributed by atoms with van der Waals surface area (Å²) in [7, 11) is 0. The van der Waals surface area contributed by atoms with Crippen molar-refractivity contribution in [2.45, 2.75) is 46.6 Å². The standard InChI is InChI=1S/C11H22N4/c1-4-7-12-8-5-6-9-15-11(3)13-10(2)14-15/h12H,4-9H2,1-3H3. The molecule has 0 aliphatic rings. The van der Waals surface area contributed by atoms with Crippen LogP contribution in [0, 0.1) is 13.8 Å². The lowest BCUT2D eigenvalue weighted by Gasteiger charge is -2.04. The summed E-state index contributed by atoms with van der Waals surface area (Å²) < 4.78 is 2.00. The lowest BCUT2D eigenvalue weighted by atomic mass is 10.3. The average molecular weight is 210 g/mol. The molecular formula is C11H22N4. The molecule has 0 aromatic carbocycles. The minimum absolute atomic E-state index is 0.872. The summed E-state index contributed by atoms with van der Waals surface area (Å²) in [6.45, 7) is 9.36. The van der Waals surface area contributed by atoms with Crippen molar-refractivity contribution in [1.82, 2.24) is 20.1 Å². The smallest absolute Gasteiger partial charge is 0.147 e. The van der Waals surface area contributed by atoms with Gasteiger partial charge in [-0.15, -0.1) is 0 Å². The number of aromatic nitrogens is 3. The van der Waals surface area contributed by atoms with Crippen molar-refractivity contribution in [3.8, 4) is 0 Å². The van der Waals surface area contributed by atoms with Gasteiger partial charge < -0.3 is 5.32 Å². The SMILES string of the molecule is CCCNCCCCn1nc(C)nc1C. The Bertz CT molecular complexity index is 280. The van der Waals surface area contributed by atoms with Crippen molar-refractivity contribution < 1.29 is 0 Å². The third kappa shape index (κ3) is 4.42. The van der Waals surface area contributed by atoms with Gasteiger partial charge in [0.1, 0.15) is 11.6 Å². The highest BCUT2D eigenvalue weighted by atomic mass is 15.3. The van der Waals surface area contributed by atoms with Crippen LogP contribution in [0.5, 0.6) is 0 Å². The second-order valence-electron chi connectivity index (χ2n) is 3.89. The lowest BCUT2D eigenvalue weighted by molar-refractivity contribution is 0.523. The van der Waals surface area contributed by atoms with E-state index < -0.39 is 0 Å². The van der Waals surface area contributed by atoms with Gasteiger partial charge in [0, 0.05) is 6.54 Å². The number of unbranched alkanes of at least 4 members (excludes halogenated alkanes) is 1. The van der Waals surface area contributed by atoms with Crippen LogP contribution < -0.4 is 5.32 Å². The summed E-state index contributed by atoms with van der Waals surface area (Å²) in [4.78, 5) is 4.28. The Kier molecular flexibility index (Phi) is 5.32. The fraction of sp³-hybridized carbons (Fsp3) is 0.818. The Balaban J connectivity index is 2.12. The highest BCUT2D eigenvalue weighted by Crippen LogP contribution is 1.99. The van der Waals surface area contributed by atoms with Crippen molar-refractivity contribution in [1.29, 1.82) is 0 Å². The van der Waals surface area contributed by atoms with Gasteiger partial charge in [0.05, 0.1) is 0 Å². The van der Waals surface area contributed by atoms with Gasteiger partial charge >= 0.3 is 0 Å². The Morgan fingerprint density at radius 1 is 1.20 bits per heavy atom. The monoisotopic (exact) mass is 210 g/mol. The zero-order valence-electron chi connectivity index (χ0n) is 10.1. The Labute approximate surface area is 92.1 Å². The van der Waals surface area contributed by atoms with Crippen LogP contribution in [0.1, 0.15) is 37.8 Å². The minimum Gasteiger partial charge on any atom is -0.317 e. The number of nitrogens with zero attached hydrogens (tertiary/aromatic N) is 3. The molecule has 0 atom stereocenters. The van der Waals surface area contributed by atoms with Crippen molar-refractivity contribution in [2.75, 3.05) is 13.1 Å². The van der Waals surface area contributed by atoms with E-state index in [0.717, 1.165) is 31.3 Å². The summed E-state index contributed by atoms with van der Waals surface area (Å²) in [5, 5.41) is 7.73. The summed E-state index contributed by atoms with van der Waals surface area (Å²) in [5.41, 5.74) is 0. The molecule has 1 rings (SSSR count). The molecule has 1 aromatic heterocycles. The van der Waals surface area contributed by atoms with E-state index in [9.17, 15) is 0 Å². The van der Waals surface area contributed by atoms with Crippen LogP contribution in [0.25, 0.3) is 0 Å². The Hall–Kier alpha value is -0.900. The number of hydrogen-bond donors (Lipinski definition) is 1. The summed E-state index contributed by atoms with van der Waals surface area (Å²) in [5.74, 6) is 1.89. The van der Waals surface area contributed by atoms with Crippen LogP contribution in [-0.4, -0.2) is 27.9 Å². The predicted molar refractivity (Wildman–Crippen MR) is 61.9 cm³/mol. The number of aryl methyl sites for hydroxylation is 3. The molecule has 0 bridgehead atoms. The summed E-state index contributed by atoms with van der Waals surface area (Å²) in [6.07, 6.45) is 3.58. The van der Waals surface area contributed by atoms with Gasteiger partial charge in [0.15, 0.2) is 0 Å². The first-order valence-electron chi connectivity index (χ1n) is 5.82. The average Bonchev–Trinajstić information content (AvgIpc) is 2.51. The van der Waals surface area contributed by atoms with E-state index in [1.165, 1.54) is 19.3 Å². The maximum atomic E-state index is 4.33. The fourth-order valence-electron chi connectivity index (χ4n) is 1.59. The van der Waals surface area contributed by atoms with Crippen LogP contribution in [0.3, 0.4) is 0 Å². The Morgan fingerprint density at radius 2 is 2.00 bits per heavy atom. The number of rotatable bonds is 7. The maximum Gasteiger partial charge on any atom is 0.147 e. The van der Waals surface area contributed by atoms with Crippen molar-refractivity contribution in [3.05, 3.63) is 11.6 Å². The molecule has 1 N–H and O–H groups in total. The first-order chi connectivity index (χ1) is 7.24. The largest absolute Gasteiger partial charge is 0.317 e. The van der Waals surface area contributed by atoms with Crippen LogP contribution in [-0.2, 0) is 6.54 Å². The molecule has 0 aliphatic carbocycles. The van der Waals surface area contributed by atoms with Crippen molar-refractivity contribution in [2.24, 2.45) is 0 Å². The van der Waals surface area contributed by atoms with Gasteiger partial charge in [-0.05, 0) is 46.2 Å². The van der Waals surface area contributed by atoms with E-state index in [0.29, 0.717) is 0 Å². The first kappa shape index (κ1) is 12.2. The maximum absolute atomic E-state index is 4.33. The molecule has 0 saturated heterocycles. The minimum atomic E-state index is 0.872. The van der Waals surface area contributed by atoms with E-state index in [2.05, 4.69) is 22.3 Å². The molecule has 86 valence electrons. The number of nitrogens with one attached hydrogen (secondary N) is 1. The Morgan fingerprint density at radius 3 is 2.60 bits per heavy atom. The molecule has 1 heterocycles. The fourth-order valence-corrected chi connectivity index (χ4v) is 1.59. The van der Waals surface area contributed by atoms with Gasteiger partial charge in [0.25, 0.3) is 0 Å². The normalized spacial score (nSPS) is 10.9. The van der Waals surface area contributed by atoms with E-state index in [-0.39, 0.29) is 0 Å². The van der Waals surface area contributed by atoms with E-state index >= 15 is 0 Å². The lowest BCUT2D eigenvalue weighted by Crippen LogP contribution is -2.16. The molecule has 0 unspecified atom stereocenters. The van der Waals surface area contributed by atoms with E-state index in [4.69, 9.17) is 0 Å². The molecule has 0 spiro atoms. The van der Waals surface area contributed by atoms with E-state index in [1.807, 2.05) is 18.5 Å². The number of hydrogen-bond acceptors (Lipinski definition) is 3. The zero-order chi connectivity index (χ0) is 11.1. The van der Waals surface area contributed by atoms with Crippen LogP contribution in [0.4, 0.5) is 0 Å². The molecule has 15 heavy (non-hydrogen) atoms. The van der Waals surface area contributed by atoms with Crippen LogP contribution in [0.2, 0.25) is 0 Å². The first-order valence-corrected chi connectivity index (χ1v) is 5.82. The topological polar surface area (TPSA) is 42.7 Å². The molecule has 0 amide bonds. The molecule has 0 aliphatic heterocycles. The van der Waals surface area contributed by atoms with Crippen molar-refractivity contribution in [3.63, 3.8) is 0 Å². The molecule has 1 aromatic rings. The quantitative estimate of drug-likeness (QED) is 0.696. The molecule has 0 radical (unpaired) electrons. The highest BCUT2D eigenvalue weighted by molar-refractivity contribution is 4.87. The van der Waals surface area contributed by atoms with Gasteiger partial charge in [-0.1, -0.05) is 6.92 Å². The van der Waals surface area contributed by atoms with Crippen LogP contribution in [0.15, 0.2) is 0 Å². The third-order valence-electron chi connectivity index (χ3n) is 2.36. The summed E-state index contributed by atoms with van der Waals surface area (Å²) in [6, 6.07) is 0. The highest BCUT2D eigenvalue weighted by Gasteiger charge is 2.00. The van der Waals surface area contributed by atoms with Gasteiger partial charge in [-0.2, -0.15) is 5.10 Å². The second-order valence-corrected chi connectivity index (χ2v) is 3.89. The van der Waals surface area contributed by atoms with Gasteiger partial charge in [-0.25, -0.2) is 4.98 Å². The summed E-state index contributed by atoms with van der Waals surface area (Å²) >= 11 is 0. The zero-order valence-corrected chi connectivity index (χ0v) is 10.1. The molecular weight excluding hydrogens is 188 g/mol. The van der Waals surface area contributed by atoms with Crippen molar-refractivity contribution >= 4 is 0 Å². The van der Waals surface area contributed by atoms with E-state index in [1.54, 1.807) is 0 Å². The van der Waals surface area contributed by atoms with Gasteiger partial charge in [0.2, 0.25) is 0 Å². The predicted octanol–water partition coefficient (Wildman–Crippen LogP) is 1.67. The molecule has 0 saturated carbocycles. The van der Waals surface area contributed by atoms with Crippen LogP contribution >= 0.6 is 0 Å².